The van der Waals surface area contributed by atoms with Crippen LogP contribution in [0, 0.1) is 21.8 Å². The number of rotatable bonds is 10. The van der Waals surface area contributed by atoms with Crippen LogP contribution in [0.1, 0.15) is 48.0 Å². The summed E-state index contributed by atoms with van der Waals surface area (Å²) in [4.78, 5) is 26.1. The predicted molar refractivity (Wildman–Crippen MR) is 112 cm³/mol. The first-order chi connectivity index (χ1) is 16.1. The lowest BCUT2D eigenvalue weighted by molar-refractivity contribution is -0.384. The van der Waals surface area contributed by atoms with Crippen LogP contribution in [0.2, 0.25) is 0 Å². The molecule has 8 nitrogen and oxygen atoms in total. The minimum atomic E-state index is -4.61. The Balaban J connectivity index is 1.53. The molecule has 184 valence electrons. The number of aromatic nitrogens is 1. The maximum absolute atomic E-state index is 13.8. The SMILES string of the molecule is O=C(NCCCOc1cc(C(F)(F)F)cc(OCC2CCCC2)n1)c1cc([N+](=O)[O-])ccc1F. The first-order valence-corrected chi connectivity index (χ1v) is 10.7. The molecule has 1 aliphatic rings. The van der Waals surface area contributed by atoms with Gasteiger partial charge in [-0.3, -0.25) is 14.9 Å². The van der Waals surface area contributed by atoms with E-state index in [9.17, 15) is 32.5 Å². The lowest BCUT2D eigenvalue weighted by atomic mass is 10.1. The van der Waals surface area contributed by atoms with Crippen molar-refractivity contribution in [2.75, 3.05) is 19.8 Å². The van der Waals surface area contributed by atoms with E-state index >= 15 is 0 Å². The second-order valence-electron chi connectivity index (χ2n) is 7.87. The number of carbonyl (C=O) groups excluding carboxylic acids is 1. The van der Waals surface area contributed by atoms with Crippen molar-refractivity contribution in [2.45, 2.75) is 38.3 Å². The molecule has 1 aromatic carbocycles. The van der Waals surface area contributed by atoms with Gasteiger partial charge < -0.3 is 14.8 Å². The van der Waals surface area contributed by atoms with Gasteiger partial charge in [0.15, 0.2) is 0 Å². The highest BCUT2D eigenvalue weighted by Crippen LogP contribution is 2.34. The number of ether oxygens (including phenoxy) is 2. The molecule has 3 rings (SSSR count). The Kier molecular flexibility index (Phi) is 8.24. The summed E-state index contributed by atoms with van der Waals surface area (Å²) in [6.07, 6.45) is -0.366. The molecule has 1 fully saturated rings. The van der Waals surface area contributed by atoms with E-state index in [2.05, 4.69) is 10.3 Å². The number of benzene rings is 1. The molecule has 1 heterocycles. The summed E-state index contributed by atoms with van der Waals surface area (Å²) >= 11 is 0. The number of carbonyl (C=O) groups is 1. The molecule has 0 bridgehead atoms. The van der Waals surface area contributed by atoms with Gasteiger partial charge in [-0.05, 0) is 31.2 Å². The zero-order valence-electron chi connectivity index (χ0n) is 18.1. The number of pyridine rings is 1. The molecule has 0 aliphatic heterocycles. The summed E-state index contributed by atoms with van der Waals surface area (Å²) in [6, 6.07) is 4.17. The Hall–Kier alpha value is -3.44. The quantitative estimate of drug-likeness (QED) is 0.222. The van der Waals surface area contributed by atoms with E-state index in [4.69, 9.17) is 9.47 Å². The minimum Gasteiger partial charge on any atom is -0.477 e. The fourth-order valence-electron chi connectivity index (χ4n) is 3.52. The van der Waals surface area contributed by atoms with Crippen molar-refractivity contribution in [3.8, 4) is 11.8 Å². The van der Waals surface area contributed by atoms with Gasteiger partial charge in [0, 0.05) is 30.8 Å². The molecule has 34 heavy (non-hydrogen) atoms. The number of nitrogens with zero attached hydrogens (tertiary/aromatic N) is 2. The van der Waals surface area contributed by atoms with Gasteiger partial charge in [0.05, 0.1) is 29.3 Å². The van der Waals surface area contributed by atoms with Gasteiger partial charge in [-0.25, -0.2) is 4.39 Å². The Bertz CT molecular complexity index is 1030. The Morgan fingerprint density at radius 3 is 2.47 bits per heavy atom. The molecule has 1 aromatic heterocycles. The zero-order chi connectivity index (χ0) is 24.7. The fourth-order valence-corrected chi connectivity index (χ4v) is 3.52. The monoisotopic (exact) mass is 485 g/mol. The summed E-state index contributed by atoms with van der Waals surface area (Å²) in [7, 11) is 0. The van der Waals surface area contributed by atoms with Gasteiger partial charge in [-0.15, -0.1) is 0 Å². The summed E-state index contributed by atoms with van der Waals surface area (Å²) in [5.41, 5.74) is -1.87. The van der Waals surface area contributed by atoms with Gasteiger partial charge in [0.25, 0.3) is 11.6 Å². The highest BCUT2D eigenvalue weighted by molar-refractivity contribution is 5.95. The number of nitrogens with one attached hydrogen (secondary N) is 1. The van der Waals surface area contributed by atoms with E-state index in [0.29, 0.717) is 5.92 Å². The zero-order valence-corrected chi connectivity index (χ0v) is 18.1. The highest BCUT2D eigenvalue weighted by Gasteiger charge is 2.32. The van der Waals surface area contributed by atoms with Crippen LogP contribution in [0.25, 0.3) is 0 Å². The van der Waals surface area contributed by atoms with Crippen LogP contribution >= 0.6 is 0 Å². The maximum Gasteiger partial charge on any atom is 0.416 e. The van der Waals surface area contributed by atoms with E-state index in [-0.39, 0.29) is 37.9 Å². The van der Waals surface area contributed by atoms with Gasteiger partial charge >= 0.3 is 6.18 Å². The number of nitro groups is 1. The number of alkyl halides is 3. The molecule has 0 atom stereocenters. The van der Waals surface area contributed by atoms with Crippen molar-refractivity contribution in [2.24, 2.45) is 5.92 Å². The van der Waals surface area contributed by atoms with E-state index in [1.807, 2.05) is 0 Å². The molecular formula is C22H23F4N3O5. The van der Waals surface area contributed by atoms with Crippen LogP contribution in [0.15, 0.2) is 30.3 Å². The third kappa shape index (κ3) is 7.03. The van der Waals surface area contributed by atoms with Crippen LogP contribution in [0.3, 0.4) is 0 Å². The van der Waals surface area contributed by atoms with Crippen molar-refractivity contribution in [1.29, 1.82) is 0 Å². The van der Waals surface area contributed by atoms with E-state index in [0.717, 1.165) is 56.0 Å². The van der Waals surface area contributed by atoms with Crippen LogP contribution in [-0.2, 0) is 6.18 Å². The molecule has 1 amide bonds. The van der Waals surface area contributed by atoms with Gasteiger partial charge in [-0.1, -0.05) is 12.8 Å². The number of halogens is 4. The first kappa shape index (κ1) is 25.2. The van der Waals surface area contributed by atoms with Crippen LogP contribution < -0.4 is 14.8 Å². The molecule has 0 unspecified atom stereocenters. The maximum atomic E-state index is 13.8. The van der Waals surface area contributed by atoms with Gasteiger partial charge in [0.1, 0.15) is 5.82 Å². The van der Waals surface area contributed by atoms with Crippen LogP contribution in [0.5, 0.6) is 11.8 Å². The van der Waals surface area contributed by atoms with Crippen molar-refractivity contribution in [1.82, 2.24) is 10.3 Å². The smallest absolute Gasteiger partial charge is 0.416 e. The van der Waals surface area contributed by atoms with Crippen LogP contribution in [0.4, 0.5) is 23.2 Å². The predicted octanol–water partition coefficient (Wildman–Crippen LogP) is 4.92. The van der Waals surface area contributed by atoms with Gasteiger partial charge in [0.2, 0.25) is 11.8 Å². The third-order valence-corrected chi connectivity index (χ3v) is 5.31. The summed E-state index contributed by atoms with van der Waals surface area (Å²) in [6.45, 7) is 0.188. The normalized spacial score (nSPS) is 14.1. The molecule has 2 aromatic rings. The number of non-ortho nitro benzene ring substituents is 1. The lowest BCUT2D eigenvalue weighted by Crippen LogP contribution is -2.26. The topological polar surface area (TPSA) is 104 Å². The molecule has 1 N–H and O–H groups in total. The Morgan fingerprint density at radius 1 is 1.15 bits per heavy atom. The van der Waals surface area contributed by atoms with Crippen LogP contribution in [-0.4, -0.2) is 35.6 Å². The average Bonchev–Trinajstić information content (AvgIpc) is 3.30. The number of hydrogen-bond acceptors (Lipinski definition) is 6. The number of hydrogen-bond donors (Lipinski definition) is 1. The van der Waals surface area contributed by atoms with E-state index < -0.39 is 39.6 Å². The third-order valence-electron chi connectivity index (χ3n) is 5.31. The second-order valence-corrected chi connectivity index (χ2v) is 7.87. The van der Waals surface area contributed by atoms with Gasteiger partial charge in [-0.2, -0.15) is 18.2 Å². The molecule has 0 radical (unpaired) electrons. The molecular weight excluding hydrogens is 462 g/mol. The number of amides is 1. The number of nitro benzene ring substituents is 1. The lowest BCUT2D eigenvalue weighted by Gasteiger charge is -2.15. The largest absolute Gasteiger partial charge is 0.477 e. The summed E-state index contributed by atoms with van der Waals surface area (Å²) in [5.74, 6) is -1.93. The molecule has 0 spiro atoms. The molecule has 1 saturated carbocycles. The van der Waals surface area contributed by atoms with Crippen molar-refractivity contribution in [3.63, 3.8) is 0 Å². The summed E-state index contributed by atoms with van der Waals surface area (Å²) in [5, 5.41) is 13.2. The standard InChI is InChI=1S/C22H23F4N3O5/c23-18-7-6-16(29(31)32)12-17(18)21(30)27-8-3-9-33-19-10-15(22(24,25)26)11-20(28-19)34-13-14-4-1-2-5-14/h6-7,10-12,14H,1-5,8-9,13H2,(H,27,30). The Labute approximate surface area is 192 Å². The molecule has 1 aliphatic carbocycles. The molecule has 0 saturated heterocycles. The minimum absolute atomic E-state index is 0.00896. The first-order valence-electron chi connectivity index (χ1n) is 10.7. The fraction of sp³-hybridized carbons (Fsp3) is 0.455. The highest BCUT2D eigenvalue weighted by atomic mass is 19.4. The van der Waals surface area contributed by atoms with Crippen molar-refractivity contribution in [3.05, 3.63) is 57.4 Å². The molecule has 12 heteroatoms. The Morgan fingerprint density at radius 2 is 1.82 bits per heavy atom. The van der Waals surface area contributed by atoms with Crippen molar-refractivity contribution < 1.29 is 36.8 Å². The van der Waals surface area contributed by atoms with E-state index in [1.165, 1.54) is 0 Å². The average molecular weight is 485 g/mol. The summed E-state index contributed by atoms with van der Waals surface area (Å²) < 4.78 is 64.3. The van der Waals surface area contributed by atoms with Crippen molar-refractivity contribution >= 4 is 11.6 Å². The second kappa shape index (κ2) is 11.1. The van der Waals surface area contributed by atoms with E-state index in [1.54, 1.807) is 0 Å².